The van der Waals surface area contributed by atoms with Crippen molar-refractivity contribution in [3.8, 4) is 67.3 Å². The van der Waals surface area contributed by atoms with Gasteiger partial charge in [0.1, 0.15) is 0 Å². The van der Waals surface area contributed by atoms with Crippen LogP contribution in [0.4, 0.5) is 0 Å². The molecule has 0 aliphatic rings. The van der Waals surface area contributed by atoms with Crippen molar-refractivity contribution in [2.24, 2.45) is 0 Å². The van der Waals surface area contributed by atoms with Gasteiger partial charge in [0.25, 0.3) is 0 Å². The maximum atomic E-state index is 2.65. The highest BCUT2D eigenvalue weighted by atomic mass is 15.0. The van der Waals surface area contributed by atoms with Crippen LogP contribution in [0, 0.1) is 0 Å². The molecule has 0 aliphatic carbocycles. The van der Waals surface area contributed by atoms with Crippen molar-refractivity contribution in [1.82, 2.24) is 35.9 Å². The van der Waals surface area contributed by atoms with Gasteiger partial charge in [0, 0.05) is 174 Å². The molecule has 644 valence electrons. The zero-order valence-corrected chi connectivity index (χ0v) is 75.5. The molecule has 140 heavy (non-hydrogen) atoms. The van der Waals surface area contributed by atoms with Gasteiger partial charge in [0.15, 0.2) is 0 Å². The maximum Gasteiger partial charge on any atom is 0.0634 e. The van der Waals surface area contributed by atoms with Gasteiger partial charge in [0.05, 0.1) is 110 Å². The molecule has 0 unspecified atom stereocenters. The lowest BCUT2D eigenvalue weighted by Gasteiger charge is -2.16. The molecule has 0 atom stereocenters. The Morgan fingerprint density at radius 1 is 0.107 bits per heavy atom. The number of benzene rings is 22. The molecule has 34 aromatic rings. The summed E-state index contributed by atoms with van der Waals surface area (Å²) in [5.74, 6) is 0. The molecule has 22 aromatic carbocycles. The number of fused-ring (bicyclic) bond motifs is 36. The van der Waals surface area contributed by atoms with Crippen LogP contribution in [0.1, 0.15) is 0 Å². The lowest BCUT2D eigenvalue weighted by Crippen LogP contribution is -1.95. The molecule has 0 fully saturated rings. The van der Waals surface area contributed by atoms with Gasteiger partial charge in [-0.3, -0.25) is 0 Å². The Balaban J connectivity index is 0.000000124. The van der Waals surface area contributed by atoms with Gasteiger partial charge in [-0.05, 0) is 144 Å². The summed E-state index contributed by atoms with van der Waals surface area (Å²) in [6.07, 6.45) is 0. The number of hydrogen-bond acceptors (Lipinski definition) is 0. The third-order valence-electron chi connectivity index (χ3n) is 31.5. The summed E-state index contributed by atoms with van der Waals surface area (Å²) in [6, 6.07) is 172. The summed E-state index contributed by atoms with van der Waals surface area (Å²) in [5, 5.41) is 30.3. The van der Waals surface area contributed by atoms with Crippen LogP contribution in [0.15, 0.2) is 461 Å². The van der Waals surface area contributed by atoms with Crippen LogP contribution in [0.2, 0.25) is 0 Å². The van der Waals surface area contributed by atoms with Gasteiger partial charge in [-0.15, -0.1) is 0 Å². The number of hydrogen-bond donors (Lipinski definition) is 0. The minimum Gasteiger partial charge on any atom is -0.309 e. The Morgan fingerprint density at radius 2 is 0.286 bits per heavy atom. The standard InChI is InChI=1S/2C66H38N4/c1-5-19-39(20-6-1)59-61-47-31-17-29-45-52-38-56-50(44-28-14-16-34-54(44)68(56)42-25-11-4-12-26-42)36-58(52)70(63(45)47)66(61)60(40-21-7-2-8-22-40)62-48-32-18-30-46-51-37-55-49(35-57(51)69(64(46)48)65(59)62)43-27-13-15-33-53(43)67(55)41-23-9-3-10-24-41;1-5-19-39(20-6-1)59-61-47-31-17-29-45-52-36-50-44-28-14-16-34-54(44)68(42-25-11-4-12-26-42)56(50)38-58(52)70(63(45)47)66(61)60(40-21-7-2-8-22-40)62-48-32-18-30-46-51-35-49-43-27-13-15-33-53(43)67(41-23-9-3-10-24-41)55(49)37-57(51)69(64(46)48)65(59)62/h2*1-38H. The molecule has 0 aliphatic heterocycles. The van der Waals surface area contributed by atoms with E-state index in [0.717, 1.165) is 22.7 Å². The zero-order chi connectivity index (χ0) is 90.7. The Morgan fingerprint density at radius 3 is 0.543 bits per heavy atom. The first-order chi connectivity index (χ1) is 69.6. The first-order valence-electron chi connectivity index (χ1n) is 48.6. The average Bonchev–Trinajstić information content (AvgIpc) is 1.49. The molecular formula is C132H76N8. The molecule has 0 saturated heterocycles. The van der Waals surface area contributed by atoms with Crippen LogP contribution in [0.3, 0.4) is 0 Å². The SMILES string of the molecule is c1ccc(-c2c3c4cccc5c6cc7c(cc6n(c3c(-c3ccccc3)c3c6cccc8c9cc%10c(cc9n(c23)c86)c2ccccc2n%10-c2ccccc2)c54)c2ccccc2n7-c2ccccc2)cc1.c1ccc(-c2c3c4cccc5c6cc7c8ccccc8n(-c8ccccc8)c7cc6n(c3c(-c3ccccc3)c3c6cccc7c8cc9c%10ccccc%10n(-c%10ccccc%10)c9cc8n(c23)c76)c54)cc1. The van der Waals surface area contributed by atoms with Gasteiger partial charge in [-0.2, -0.15) is 0 Å². The van der Waals surface area contributed by atoms with Gasteiger partial charge >= 0.3 is 0 Å². The van der Waals surface area contributed by atoms with Crippen molar-refractivity contribution in [3.05, 3.63) is 461 Å². The quantitative estimate of drug-likeness (QED) is 0.145. The highest BCUT2D eigenvalue weighted by Gasteiger charge is 2.36. The maximum absolute atomic E-state index is 2.65. The first kappa shape index (κ1) is 74.6. The molecular weight excluding hydrogens is 1700 g/mol. The highest BCUT2D eigenvalue weighted by Crippen LogP contribution is 2.59. The fourth-order valence-electron chi connectivity index (χ4n) is 26.2. The number of rotatable bonds is 8. The number of aromatic nitrogens is 8. The molecule has 8 nitrogen and oxygen atoms in total. The largest absolute Gasteiger partial charge is 0.309 e. The topological polar surface area (TPSA) is 37.4 Å². The fraction of sp³-hybridized carbons (Fsp3) is 0. The second kappa shape index (κ2) is 27.5. The van der Waals surface area contributed by atoms with E-state index >= 15 is 0 Å². The number of para-hydroxylation sites is 12. The normalized spacial score (nSPS) is 12.6. The summed E-state index contributed by atoms with van der Waals surface area (Å²) in [4.78, 5) is 0. The molecule has 8 heteroatoms. The number of nitrogens with zero attached hydrogens (tertiary/aromatic N) is 8. The Kier molecular flexibility index (Phi) is 14.7. The molecule has 34 rings (SSSR count). The molecule has 0 amide bonds. The minimum atomic E-state index is 1.16. The lowest BCUT2D eigenvalue weighted by atomic mass is 9.89. The van der Waals surface area contributed by atoms with E-state index in [-0.39, 0.29) is 0 Å². The summed E-state index contributed by atoms with van der Waals surface area (Å²) >= 11 is 0. The molecule has 12 aromatic heterocycles. The monoisotopic (exact) mass is 1770 g/mol. The van der Waals surface area contributed by atoms with Gasteiger partial charge in [0.2, 0.25) is 0 Å². The lowest BCUT2D eigenvalue weighted by molar-refractivity contribution is 1.18. The molecule has 0 radical (unpaired) electrons. The van der Waals surface area contributed by atoms with Gasteiger partial charge < -0.3 is 35.9 Å². The third-order valence-corrected chi connectivity index (χ3v) is 31.5. The van der Waals surface area contributed by atoms with E-state index < -0.39 is 0 Å². The zero-order valence-electron chi connectivity index (χ0n) is 75.5. The van der Waals surface area contributed by atoms with Crippen LogP contribution in [-0.4, -0.2) is 35.9 Å². The molecule has 0 bridgehead atoms. The van der Waals surface area contributed by atoms with Crippen molar-refractivity contribution in [1.29, 1.82) is 0 Å². The first-order valence-corrected chi connectivity index (χ1v) is 48.6. The van der Waals surface area contributed by atoms with E-state index in [1.54, 1.807) is 0 Å². The van der Waals surface area contributed by atoms with Crippen LogP contribution in [0.5, 0.6) is 0 Å². The van der Waals surface area contributed by atoms with Crippen molar-refractivity contribution in [2.45, 2.75) is 0 Å². The molecule has 0 N–H and O–H groups in total. The van der Waals surface area contributed by atoms with E-state index in [1.807, 2.05) is 0 Å². The Bertz CT molecular complexity index is 10700. The van der Waals surface area contributed by atoms with Crippen molar-refractivity contribution in [3.63, 3.8) is 0 Å². The van der Waals surface area contributed by atoms with E-state index in [0.29, 0.717) is 0 Å². The third kappa shape index (κ3) is 9.58. The van der Waals surface area contributed by atoms with Gasteiger partial charge in [-0.1, -0.05) is 340 Å². The Labute approximate surface area is 798 Å². The highest BCUT2D eigenvalue weighted by molar-refractivity contribution is 6.42. The summed E-state index contributed by atoms with van der Waals surface area (Å²) in [6.45, 7) is 0. The van der Waals surface area contributed by atoms with E-state index in [2.05, 4.69) is 497 Å². The molecule has 0 saturated carbocycles. The van der Waals surface area contributed by atoms with E-state index in [4.69, 9.17) is 0 Å². The average molecular weight is 1770 g/mol. The second-order valence-electron chi connectivity index (χ2n) is 38.3. The van der Waals surface area contributed by atoms with Crippen LogP contribution in [0.25, 0.3) is 307 Å². The van der Waals surface area contributed by atoms with Crippen LogP contribution >= 0.6 is 0 Å². The van der Waals surface area contributed by atoms with Crippen molar-refractivity contribution in [2.75, 3.05) is 0 Å². The molecule has 0 spiro atoms. The minimum absolute atomic E-state index is 1.16. The predicted molar refractivity (Wildman–Crippen MR) is 591 cm³/mol. The van der Waals surface area contributed by atoms with Crippen molar-refractivity contribution >= 4 is 240 Å². The summed E-state index contributed by atoms with van der Waals surface area (Å²) < 4.78 is 20.4. The smallest absolute Gasteiger partial charge is 0.0634 e. The van der Waals surface area contributed by atoms with E-state index in [9.17, 15) is 0 Å². The molecule has 12 heterocycles. The van der Waals surface area contributed by atoms with Gasteiger partial charge in [-0.25, -0.2) is 0 Å². The Hall–Kier alpha value is -18.8. The van der Waals surface area contributed by atoms with E-state index in [1.165, 1.54) is 284 Å². The van der Waals surface area contributed by atoms with Crippen LogP contribution < -0.4 is 0 Å². The predicted octanol–water partition coefficient (Wildman–Crippen LogP) is 35.0. The second-order valence-corrected chi connectivity index (χ2v) is 38.3. The summed E-state index contributed by atoms with van der Waals surface area (Å²) in [5.41, 5.74) is 39.1. The fourth-order valence-corrected chi connectivity index (χ4v) is 26.2. The van der Waals surface area contributed by atoms with Crippen molar-refractivity contribution < 1.29 is 0 Å². The summed E-state index contributed by atoms with van der Waals surface area (Å²) in [7, 11) is 0. The van der Waals surface area contributed by atoms with Crippen LogP contribution in [-0.2, 0) is 0 Å².